The van der Waals surface area contributed by atoms with Gasteiger partial charge in [0.15, 0.2) is 0 Å². The average molecular weight is 282 g/mol. The zero-order valence-corrected chi connectivity index (χ0v) is 12.4. The molecular weight excluding hydrogens is 264 g/mol. The summed E-state index contributed by atoms with van der Waals surface area (Å²) in [5, 5.41) is 3.96. The lowest BCUT2D eigenvalue weighted by atomic mass is 10.1. The summed E-state index contributed by atoms with van der Waals surface area (Å²) in [7, 11) is 0. The Balaban J connectivity index is 1.97. The van der Waals surface area contributed by atoms with E-state index in [1.165, 1.54) is 0 Å². The van der Waals surface area contributed by atoms with Crippen molar-refractivity contribution in [2.75, 3.05) is 0 Å². The first kappa shape index (κ1) is 14.8. The number of carbonyl (C=O) groups is 1. The minimum atomic E-state index is -0.270. The van der Waals surface area contributed by atoms with E-state index in [1.807, 2.05) is 43.3 Å². The lowest BCUT2D eigenvalue weighted by Crippen LogP contribution is -2.17. The summed E-state index contributed by atoms with van der Waals surface area (Å²) in [6.07, 6.45) is 3.61. The van der Waals surface area contributed by atoms with Crippen LogP contribution in [-0.2, 0) is 0 Å². The molecule has 0 aliphatic carbocycles. The van der Waals surface area contributed by atoms with Crippen LogP contribution in [-0.4, -0.2) is 12.1 Å². The van der Waals surface area contributed by atoms with Gasteiger partial charge >= 0.3 is 0 Å². The van der Waals surface area contributed by atoms with Crippen LogP contribution in [0, 0.1) is 13.8 Å². The van der Waals surface area contributed by atoms with Crippen LogP contribution in [0.25, 0.3) is 6.08 Å². The van der Waals surface area contributed by atoms with E-state index >= 15 is 0 Å². The van der Waals surface area contributed by atoms with E-state index in [0.29, 0.717) is 17.1 Å². The van der Waals surface area contributed by atoms with Gasteiger partial charge in [-0.05, 0) is 38.0 Å². The molecule has 1 aromatic carbocycles. The average Bonchev–Trinajstić information content (AvgIpc) is 2.79. The van der Waals surface area contributed by atoms with Crippen LogP contribution >= 0.6 is 0 Å². The fraction of sp³-hybridized carbons (Fsp3) is 0.176. The normalized spacial score (nSPS) is 11.9. The van der Waals surface area contributed by atoms with Gasteiger partial charge in [-0.25, -0.2) is 5.43 Å². The highest BCUT2D eigenvalue weighted by molar-refractivity contribution is 5.96. The van der Waals surface area contributed by atoms with E-state index in [0.717, 1.165) is 11.1 Å². The van der Waals surface area contributed by atoms with Gasteiger partial charge in [0.05, 0.1) is 11.8 Å². The van der Waals surface area contributed by atoms with E-state index < -0.39 is 0 Å². The first-order chi connectivity index (χ1) is 10.1. The lowest BCUT2D eigenvalue weighted by molar-refractivity contribution is 0.0953. The smallest absolute Gasteiger partial charge is 0.274 e. The number of aryl methyl sites for hydroxylation is 2. The second kappa shape index (κ2) is 6.70. The predicted octanol–water partition coefficient (Wildman–Crippen LogP) is 3.72. The minimum absolute atomic E-state index is 0.270. The van der Waals surface area contributed by atoms with Crippen LogP contribution in [0.5, 0.6) is 0 Å². The molecule has 0 spiro atoms. The van der Waals surface area contributed by atoms with Gasteiger partial charge in [-0.1, -0.05) is 36.4 Å². The lowest BCUT2D eigenvalue weighted by Gasteiger charge is -1.98. The standard InChI is InChI=1S/C17H18N2O2/c1-12(9-15-7-5-4-6-8-15)11-18-19-17(20)16-10-13(2)21-14(16)3/h4-11H,1-3H3,(H,19,20)/b12-9+,18-11+. The summed E-state index contributed by atoms with van der Waals surface area (Å²) < 4.78 is 5.32. The number of allylic oxidation sites excluding steroid dienone is 1. The Morgan fingerprint density at radius 3 is 2.57 bits per heavy atom. The third-order valence-electron chi connectivity index (χ3n) is 2.91. The van der Waals surface area contributed by atoms with Gasteiger partial charge in [0.25, 0.3) is 5.91 Å². The van der Waals surface area contributed by atoms with Crippen LogP contribution in [0.1, 0.15) is 34.4 Å². The maximum Gasteiger partial charge on any atom is 0.274 e. The van der Waals surface area contributed by atoms with Crippen LogP contribution in [0.4, 0.5) is 0 Å². The molecule has 0 fully saturated rings. The van der Waals surface area contributed by atoms with E-state index in [-0.39, 0.29) is 5.91 Å². The molecule has 0 aliphatic heterocycles. The van der Waals surface area contributed by atoms with E-state index in [9.17, 15) is 4.79 Å². The van der Waals surface area contributed by atoms with Crippen LogP contribution in [0.3, 0.4) is 0 Å². The van der Waals surface area contributed by atoms with Crippen molar-refractivity contribution in [2.45, 2.75) is 20.8 Å². The summed E-state index contributed by atoms with van der Waals surface area (Å²) in [6.45, 7) is 5.49. The highest BCUT2D eigenvalue weighted by Crippen LogP contribution is 2.13. The second-order valence-electron chi connectivity index (χ2n) is 4.83. The zero-order chi connectivity index (χ0) is 15.2. The third-order valence-corrected chi connectivity index (χ3v) is 2.91. The molecule has 21 heavy (non-hydrogen) atoms. The zero-order valence-electron chi connectivity index (χ0n) is 12.4. The Kier molecular flexibility index (Phi) is 4.72. The number of hydrazone groups is 1. The molecule has 1 amide bonds. The first-order valence-corrected chi connectivity index (χ1v) is 6.70. The number of hydrogen-bond donors (Lipinski definition) is 1. The van der Waals surface area contributed by atoms with Crippen LogP contribution in [0.2, 0.25) is 0 Å². The quantitative estimate of drug-likeness (QED) is 0.686. The molecule has 4 nitrogen and oxygen atoms in total. The maximum absolute atomic E-state index is 11.9. The maximum atomic E-state index is 11.9. The number of benzene rings is 1. The van der Waals surface area contributed by atoms with E-state index in [4.69, 9.17) is 4.42 Å². The fourth-order valence-electron chi connectivity index (χ4n) is 1.96. The Labute approximate surface area is 124 Å². The van der Waals surface area contributed by atoms with Crippen molar-refractivity contribution in [3.05, 3.63) is 64.6 Å². The van der Waals surface area contributed by atoms with Crippen molar-refractivity contribution in [3.63, 3.8) is 0 Å². The SMILES string of the molecule is CC(/C=N/NC(=O)c1cc(C)oc1C)=C\c1ccccc1. The number of nitrogens with one attached hydrogen (secondary N) is 1. The number of rotatable bonds is 4. The Bertz CT molecular complexity index is 682. The molecule has 2 rings (SSSR count). The van der Waals surface area contributed by atoms with Gasteiger partial charge in [-0.3, -0.25) is 4.79 Å². The topological polar surface area (TPSA) is 54.6 Å². The molecule has 1 heterocycles. The van der Waals surface area contributed by atoms with Crippen molar-refractivity contribution in [1.82, 2.24) is 5.43 Å². The molecule has 4 heteroatoms. The molecule has 0 bridgehead atoms. The molecule has 0 atom stereocenters. The number of amides is 1. The first-order valence-electron chi connectivity index (χ1n) is 6.70. The summed E-state index contributed by atoms with van der Waals surface area (Å²) in [6, 6.07) is 11.6. The van der Waals surface area contributed by atoms with Crippen molar-refractivity contribution in [1.29, 1.82) is 0 Å². The van der Waals surface area contributed by atoms with Crippen LogP contribution < -0.4 is 5.43 Å². The summed E-state index contributed by atoms with van der Waals surface area (Å²) in [5.41, 5.74) is 5.05. The van der Waals surface area contributed by atoms with Gasteiger partial charge in [0, 0.05) is 0 Å². The highest BCUT2D eigenvalue weighted by atomic mass is 16.3. The van der Waals surface area contributed by atoms with Gasteiger partial charge in [0.1, 0.15) is 11.5 Å². The number of furan rings is 1. The molecule has 0 saturated heterocycles. The number of nitrogens with zero attached hydrogens (tertiary/aromatic N) is 1. The van der Waals surface area contributed by atoms with Crippen molar-refractivity contribution < 1.29 is 9.21 Å². The minimum Gasteiger partial charge on any atom is -0.466 e. The molecule has 0 radical (unpaired) electrons. The molecule has 1 N–H and O–H groups in total. The largest absolute Gasteiger partial charge is 0.466 e. The van der Waals surface area contributed by atoms with E-state index in [1.54, 1.807) is 26.1 Å². The third kappa shape index (κ3) is 4.18. The van der Waals surface area contributed by atoms with Gasteiger partial charge < -0.3 is 4.42 Å². The Hall–Kier alpha value is -2.62. The van der Waals surface area contributed by atoms with Crippen molar-refractivity contribution in [3.8, 4) is 0 Å². The monoisotopic (exact) mass is 282 g/mol. The van der Waals surface area contributed by atoms with Crippen molar-refractivity contribution >= 4 is 18.2 Å². The molecule has 108 valence electrons. The molecule has 0 aliphatic rings. The molecule has 0 saturated carbocycles. The predicted molar refractivity (Wildman–Crippen MR) is 84.2 cm³/mol. The van der Waals surface area contributed by atoms with Crippen LogP contribution in [0.15, 0.2) is 51.5 Å². The van der Waals surface area contributed by atoms with Gasteiger partial charge in [-0.15, -0.1) is 0 Å². The summed E-state index contributed by atoms with van der Waals surface area (Å²) >= 11 is 0. The van der Waals surface area contributed by atoms with Crippen molar-refractivity contribution in [2.24, 2.45) is 5.10 Å². The molecular formula is C17H18N2O2. The summed E-state index contributed by atoms with van der Waals surface area (Å²) in [5.74, 6) is 1.03. The molecule has 1 aromatic heterocycles. The van der Waals surface area contributed by atoms with E-state index in [2.05, 4.69) is 10.5 Å². The number of hydrogen-bond acceptors (Lipinski definition) is 3. The van der Waals surface area contributed by atoms with Gasteiger partial charge in [0.2, 0.25) is 0 Å². The fourth-order valence-corrected chi connectivity index (χ4v) is 1.96. The summed E-state index contributed by atoms with van der Waals surface area (Å²) in [4.78, 5) is 11.9. The van der Waals surface area contributed by atoms with Gasteiger partial charge in [-0.2, -0.15) is 5.10 Å². The highest BCUT2D eigenvalue weighted by Gasteiger charge is 2.12. The second-order valence-corrected chi connectivity index (χ2v) is 4.83. The molecule has 0 unspecified atom stereocenters. The Morgan fingerprint density at radius 1 is 1.24 bits per heavy atom. The number of carbonyl (C=O) groups excluding carboxylic acids is 1. The molecule has 2 aromatic rings. The Morgan fingerprint density at radius 2 is 1.95 bits per heavy atom.